The maximum Gasteiger partial charge on any atom is 0.225 e. The molecule has 0 aromatic heterocycles. The first-order chi connectivity index (χ1) is 11.8. The molecule has 0 aromatic rings. The van der Waals surface area contributed by atoms with E-state index in [-0.39, 0.29) is 60.8 Å². The van der Waals surface area contributed by atoms with Crippen LogP contribution in [0.15, 0.2) is 0 Å². The maximum atomic E-state index is 12.4. The first-order valence-corrected chi connectivity index (χ1v) is 9.15. The Morgan fingerprint density at radius 1 is 1.16 bits per heavy atom. The molecule has 2 fully saturated rings. The smallest absolute Gasteiger partial charge is 0.225 e. The molecule has 3 amide bonds. The van der Waals surface area contributed by atoms with E-state index in [0.717, 1.165) is 0 Å². The number of ketones is 1. The highest BCUT2D eigenvalue weighted by Gasteiger charge is 2.36. The van der Waals surface area contributed by atoms with Gasteiger partial charge in [0, 0.05) is 51.0 Å². The molecule has 1 atom stereocenters. The zero-order valence-corrected chi connectivity index (χ0v) is 15.4. The number of rotatable bonds is 6. The second-order valence-electron chi connectivity index (χ2n) is 7.41. The molecule has 2 rings (SSSR count). The van der Waals surface area contributed by atoms with Crippen molar-refractivity contribution in [1.29, 1.82) is 0 Å². The van der Waals surface area contributed by atoms with Crippen LogP contribution in [0.4, 0.5) is 0 Å². The molecule has 7 heteroatoms. The predicted octanol–water partition coefficient (Wildman–Crippen LogP) is 0.720. The lowest BCUT2D eigenvalue weighted by atomic mass is 10.0. The van der Waals surface area contributed by atoms with E-state index in [9.17, 15) is 19.2 Å². The first kappa shape index (κ1) is 19.4. The summed E-state index contributed by atoms with van der Waals surface area (Å²) < 4.78 is 0. The summed E-state index contributed by atoms with van der Waals surface area (Å²) >= 11 is 0. The van der Waals surface area contributed by atoms with Crippen LogP contribution in [0.2, 0.25) is 0 Å². The van der Waals surface area contributed by atoms with Crippen LogP contribution in [0.1, 0.15) is 52.9 Å². The van der Waals surface area contributed by atoms with E-state index < -0.39 is 0 Å². The van der Waals surface area contributed by atoms with E-state index in [1.54, 1.807) is 9.80 Å². The Morgan fingerprint density at radius 2 is 1.80 bits per heavy atom. The van der Waals surface area contributed by atoms with Crippen molar-refractivity contribution in [2.24, 2.45) is 5.92 Å². The Kier molecular flexibility index (Phi) is 6.56. The van der Waals surface area contributed by atoms with Gasteiger partial charge in [0.1, 0.15) is 5.78 Å². The van der Waals surface area contributed by atoms with Crippen LogP contribution in [0.25, 0.3) is 0 Å². The molecule has 0 aromatic carbocycles. The predicted molar refractivity (Wildman–Crippen MR) is 92.6 cm³/mol. The summed E-state index contributed by atoms with van der Waals surface area (Å²) in [5.41, 5.74) is 0. The van der Waals surface area contributed by atoms with E-state index >= 15 is 0 Å². The molecule has 1 N–H and O–H groups in total. The number of carbonyl (C=O) groups is 4. The highest BCUT2D eigenvalue weighted by atomic mass is 16.2. The summed E-state index contributed by atoms with van der Waals surface area (Å²) in [6, 6.07) is 0.169. The molecular weight excluding hydrogens is 322 g/mol. The Morgan fingerprint density at radius 3 is 2.32 bits per heavy atom. The number of carbonyl (C=O) groups excluding carboxylic acids is 4. The molecule has 2 aliphatic heterocycles. The topological polar surface area (TPSA) is 86.8 Å². The molecule has 0 spiro atoms. The number of amides is 3. The van der Waals surface area contributed by atoms with Gasteiger partial charge in [-0.3, -0.25) is 14.4 Å². The molecule has 2 heterocycles. The summed E-state index contributed by atoms with van der Waals surface area (Å²) in [5, 5.41) is 3.04. The van der Waals surface area contributed by atoms with Gasteiger partial charge >= 0.3 is 0 Å². The van der Waals surface area contributed by atoms with Crippen LogP contribution in [-0.2, 0) is 19.2 Å². The van der Waals surface area contributed by atoms with Crippen LogP contribution in [-0.4, -0.2) is 65.0 Å². The van der Waals surface area contributed by atoms with Crippen LogP contribution < -0.4 is 5.32 Å². The summed E-state index contributed by atoms with van der Waals surface area (Å²) in [7, 11) is 0. The number of hydrogen-bond donors (Lipinski definition) is 1. The Balaban J connectivity index is 1.75. The lowest BCUT2D eigenvalue weighted by molar-refractivity contribution is -0.134. The van der Waals surface area contributed by atoms with E-state index in [2.05, 4.69) is 5.32 Å². The second kappa shape index (κ2) is 8.45. The first-order valence-electron chi connectivity index (χ1n) is 9.15. The molecule has 25 heavy (non-hydrogen) atoms. The van der Waals surface area contributed by atoms with Crippen molar-refractivity contribution in [2.75, 3.05) is 19.6 Å². The normalized spacial score (nSPS) is 21.8. The van der Waals surface area contributed by atoms with Crippen molar-refractivity contribution in [2.45, 2.75) is 65.0 Å². The molecule has 0 bridgehead atoms. The monoisotopic (exact) mass is 351 g/mol. The highest BCUT2D eigenvalue weighted by Crippen LogP contribution is 2.21. The van der Waals surface area contributed by atoms with Gasteiger partial charge in [-0.05, 0) is 33.6 Å². The van der Waals surface area contributed by atoms with Crippen LogP contribution in [0.5, 0.6) is 0 Å². The minimum Gasteiger partial charge on any atom is -0.353 e. The third-order valence-electron chi connectivity index (χ3n) is 5.04. The third kappa shape index (κ3) is 5.28. The number of Topliss-reactive ketones (excluding diaryl/α,β-unsaturated/α-hetero) is 1. The van der Waals surface area contributed by atoms with Crippen molar-refractivity contribution in [3.05, 3.63) is 0 Å². The van der Waals surface area contributed by atoms with Crippen LogP contribution in [0.3, 0.4) is 0 Å². The number of hydrogen-bond acceptors (Lipinski definition) is 4. The summed E-state index contributed by atoms with van der Waals surface area (Å²) in [4.78, 5) is 50.9. The van der Waals surface area contributed by atoms with Gasteiger partial charge in [-0.15, -0.1) is 0 Å². The zero-order chi connectivity index (χ0) is 18.6. The average molecular weight is 351 g/mol. The third-order valence-corrected chi connectivity index (χ3v) is 5.04. The van der Waals surface area contributed by atoms with E-state index in [0.29, 0.717) is 32.5 Å². The van der Waals surface area contributed by atoms with Crippen molar-refractivity contribution in [3.63, 3.8) is 0 Å². The summed E-state index contributed by atoms with van der Waals surface area (Å²) in [5.74, 6) is -0.255. The Bertz CT molecular complexity index is 538. The lowest BCUT2D eigenvalue weighted by Gasteiger charge is -2.33. The molecule has 0 radical (unpaired) electrons. The number of piperidine rings is 1. The van der Waals surface area contributed by atoms with Gasteiger partial charge < -0.3 is 19.9 Å². The minimum atomic E-state index is -0.273. The number of nitrogens with zero attached hydrogens (tertiary/aromatic N) is 2. The van der Waals surface area contributed by atoms with Crippen molar-refractivity contribution >= 4 is 23.5 Å². The molecule has 1 unspecified atom stereocenters. The number of nitrogens with one attached hydrogen (secondary N) is 1. The largest absolute Gasteiger partial charge is 0.353 e. The van der Waals surface area contributed by atoms with E-state index in [1.807, 2.05) is 13.8 Å². The molecule has 7 nitrogen and oxygen atoms in total. The second-order valence-corrected chi connectivity index (χ2v) is 7.41. The average Bonchev–Trinajstić information content (AvgIpc) is 2.95. The van der Waals surface area contributed by atoms with Crippen LogP contribution in [0, 0.1) is 5.92 Å². The fourth-order valence-corrected chi connectivity index (χ4v) is 3.44. The highest BCUT2D eigenvalue weighted by molar-refractivity contribution is 5.89. The van der Waals surface area contributed by atoms with Gasteiger partial charge in [-0.2, -0.15) is 0 Å². The van der Waals surface area contributed by atoms with Gasteiger partial charge in [0.05, 0.1) is 5.92 Å². The van der Waals surface area contributed by atoms with Gasteiger partial charge in [-0.25, -0.2) is 0 Å². The fourth-order valence-electron chi connectivity index (χ4n) is 3.44. The minimum absolute atomic E-state index is 0.00828. The van der Waals surface area contributed by atoms with E-state index in [1.165, 1.54) is 6.92 Å². The zero-order valence-electron chi connectivity index (χ0n) is 15.4. The van der Waals surface area contributed by atoms with Gasteiger partial charge in [0.25, 0.3) is 0 Å². The quantitative estimate of drug-likeness (QED) is 0.764. The molecule has 0 saturated carbocycles. The summed E-state index contributed by atoms with van der Waals surface area (Å²) in [6.45, 7) is 7.09. The molecule has 2 saturated heterocycles. The molecule has 140 valence electrons. The van der Waals surface area contributed by atoms with Crippen LogP contribution >= 0.6 is 0 Å². The Hall–Kier alpha value is -1.92. The van der Waals surface area contributed by atoms with Gasteiger partial charge in [0.15, 0.2) is 0 Å². The van der Waals surface area contributed by atoms with Crippen molar-refractivity contribution < 1.29 is 19.2 Å². The summed E-state index contributed by atoms with van der Waals surface area (Å²) in [6.07, 6.45) is 2.27. The molecule has 2 aliphatic rings. The fraction of sp³-hybridized carbons (Fsp3) is 0.778. The van der Waals surface area contributed by atoms with E-state index in [4.69, 9.17) is 0 Å². The SMILES string of the molecule is CC(=O)CCC(=O)N1CCC(NC(=O)C2CC(=O)N(C(C)C)C2)CC1. The van der Waals surface area contributed by atoms with Gasteiger partial charge in [-0.1, -0.05) is 0 Å². The van der Waals surface area contributed by atoms with Crippen molar-refractivity contribution in [1.82, 2.24) is 15.1 Å². The Labute approximate surface area is 149 Å². The molecular formula is C18H29N3O4. The standard InChI is InChI=1S/C18H29N3O4/c1-12(2)21-11-14(10-17(21)24)18(25)19-15-6-8-20(9-7-15)16(23)5-4-13(3)22/h12,14-15H,4-11H2,1-3H3,(H,19,25). The number of likely N-dealkylation sites (tertiary alicyclic amines) is 2. The maximum absolute atomic E-state index is 12.4. The van der Waals surface area contributed by atoms with Gasteiger partial charge in [0.2, 0.25) is 17.7 Å². The van der Waals surface area contributed by atoms with Crippen molar-refractivity contribution in [3.8, 4) is 0 Å². The lowest BCUT2D eigenvalue weighted by Crippen LogP contribution is -2.48. The molecule has 0 aliphatic carbocycles.